The first-order valence-corrected chi connectivity index (χ1v) is 14.9. The Morgan fingerprint density at radius 3 is 2.50 bits per heavy atom. The van der Waals surface area contributed by atoms with Gasteiger partial charge in [0.1, 0.15) is 5.75 Å². The molecule has 1 radical (unpaired) electrons. The lowest BCUT2D eigenvalue weighted by Crippen LogP contribution is -2.52. The molecule has 5 amide bonds. The topological polar surface area (TPSA) is 233 Å². The van der Waals surface area contributed by atoms with Crippen molar-refractivity contribution in [3.05, 3.63) is 53.3 Å². The van der Waals surface area contributed by atoms with E-state index in [1.807, 2.05) is 0 Å². The van der Waals surface area contributed by atoms with E-state index in [1.165, 1.54) is 19.6 Å². The van der Waals surface area contributed by atoms with Crippen LogP contribution in [0.25, 0.3) is 0 Å². The number of urea groups is 2. The number of carboxylic acid groups (broad SMARTS) is 1. The van der Waals surface area contributed by atoms with Gasteiger partial charge in [0, 0.05) is 12.1 Å². The highest BCUT2D eigenvalue weighted by Crippen LogP contribution is 2.33. The van der Waals surface area contributed by atoms with Crippen LogP contribution in [-0.2, 0) is 25.8 Å². The largest absolute Gasteiger partial charge is 0.560 e. The number of benzene rings is 1. The minimum absolute atomic E-state index is 0.0728. The number of carbonyl (C=O) groups is 4. The fourth-order valence-corrected chi connectivity index (χ4v) is 5.34. The second-order valence-electron chi connectivity index (χ2n) is 8.81. The van der Waals surface area contributed by atoms with Gasteiger partial charge in [0.15, 0.2) is 6.04 Å². The van der Waals surface area contributed by atoms with E-state index in [0.29, 0.717) is 14.8 Å². The fraction of sp³-hybridized carbons (Fsp3) is 0.286. The number of pyridine rings is 1. The summed E-state index contributed by atoms with van der Waals surface area (Å²) in [5.41, 5.74) is 0.261. The second-order valence-corrected chi connectivity index (χ2v) is 12.3. The lowest BCUT2D eigenvalue weighted by molar-refractivity contribution is -0.123. The van der Waals surface area contributed by atoms with Crippen molar-refractivity contribution in [1.82, 2.24) is 24.8 Å². The smallest absolute Gasteiger partial charge is 0.394 e. The SMILES string of the molecule is CS(=O)(=O)N1CCN(C(=O)N[C@@H](C(=O)N[C@@H]2[B]Oc3c(cccc3C(=O)O)C2)c2ccc(P(=O)(O)O)cn2)C1=O. The molecule has 1 fully saturated rings. The van der Waals surface area contributed by atoms with Gasteiger partial charge in [-0.3, -0.25) is 14.3 Å². The van der Waals surface area contributed by atoms with E-state index in [0.717, 1.165) is 24.6 Å². The Kier molecular flexibility index (Phi) is 7.89. The van der Waals surface area contributed by atoms with E-state index in [9.17, 15) is 47.1 Å². The third-order valence-electron chi connectivity index (χ3n) is 5.99. The summed E-state index contributed by atoms with van der Waals surface area (Å²) in [6, 6.07) is 2.77. The van der Waals surface area contributed by atoms with Crippen LogP contribution in [0.2, 0.25) is 0 Å². The van der Waals surface area contributed by atoms with Gasteiger partial charge in [0.2, 0.25) is 15.9 Å². The number of aromatic nitrogens is 1. The molecule has 2 aromatic rings. The van der Waals surface area contributed by atoms with Gasteiger partial charge in [-0.05, 0) is 30.2 Å². The first-order valence-electron chi connectivity index (χ1n) is 11.4. The summed E-state index contributed by atoms with van der Waals surface area (Å²) in [5.74, 6) is -2.75. The van der Waals surface area contributed by atoms with Gasteiger partial charge in [-0.25, -0.2) is 32.0 Å². The molecule has 0 spiro atoms. The van der Waals surface area contributed by atoms with Crippen LogP contribution < -0.4 is 20.6 Å². The van der Waals surface area contributed by atoms with Crippen LogP contribution >= 0.6 is 7.60 Å². The molecule has 3 heterocycles. The molecule has 1 aromatic heterocycles. The van der Waals surface area contributed by atoms with Crippen molar-refractivity contribution in [1.29, 1.82) is 0 Å². The first-order chi connectivity index (χ1) is 18.7. The van der Waals surface area contributed by atoms with Gasteiger partial charge in [-0.2, -0.15) is 0 Å². The van der Waals surface area contributed by atoms with Crippen LogP contribution in [0.15, 0.2) is 36.5 Å². The van der Waals surface area contributed by atoms with Gasteiger partial charge in [-0.15, -0.1) is 0 Å². The number of amides is 5. The summed E-state index contributed by atoms with van der Waals surface area (Å²) in [7, 11) is -7.41. The summed E-state index contributed by atoms with van der Waals surface area (Å²) in [4.78, 5) is 73.4. The minimum Gasteiger partial charge on any atom is -0.560 e. The van der Waals surface area contributed by atoms with Gasteiger partial charge in [-0.1, -0.05) is 12.1 Å². The predicted molar refractivity (Wildman–Crippen MR) is 136 cm³/mol. The molecule has 2 atom stereocenters. The zero-order valence-corrected chi connectivity index (χ0v) is 22.3. The number of imide groups is 1. The quantitative estimate of drug-likeness (QED) is 0.187. The number of nitrogens with one attached hydrogen (secondary N) is 2. The molecule has 0 bridgehead atoms. The van der Waals surface area contributed by atoms with Crippen LogP contribution in [0.5, 0.6) is 5.75 Å². The number of nitrogens with zero attached hydrogens (tertiary/aromatic N) is 3. The minimum atomic E-state index is -4.67. The number of carboxylic acids is 1. The van der Waals surface area contributed by atoms with Crippen molar-refractivity contribution in [3.63, 3.8) is 0 Å². The number of carbonyl (C=O) groups excluding carboxylic acids is 3. The Morgan fingerprint density at radius 1 is 1.20 bits per heavy atom. The number of hydrogen-bond donors (Lipinski definition) is 5. The third kappa shape index (κ3) is 6.09. The predicted octanol–water partition coefficient (Wildman–Crippen LogP) is -1.27. The maximum Gasteiger partial charge on any atom is 0.394 e. The van der Waals surface area contributed by atoms with Crippen molar-refractivity contribution in [2.45, 2.75) is 18.4 Å². The van der Waals surface area contributed by atoms with Gasteiger partial charge in [0.05, 0.1) is 35.9 Å². The molecule has 2 aliphatic rings. The molecule has 211 valence electrons. The van der Waals surface area contributed by atoms with Crippen molar-refractivity contribution in [2.24, 2.45) is 0 Å². The van der Waals surface area contributed by atoms with Crippen LogP contribution in [0, 0.1) is 0 Å². The Bertz CT molecular complexity index is 1530. The van der Waals surface area contributed by atoms with Crippen LogP contribution in [-0.4, -0.2) is 94.2 Å². The molecule has 2 aliphatic heterocycles. The molecule has 4 rings (SSSR count). The molecule has 0 unspecified atom stereocenters. The zero-order valence-electron chi connectivity index (χ0n) is 20.6. The van der Waals surface area contributed by atoms with Gasteiger partial charge in [0.25, 0.3) is 0 Å². The summed E-state index contributed by atoms with van der Waals surface area (Å²) < 4.78 is 41.1. The molecular formula is C21H22BN5O11PS. The number of fused-ring (bicyclic) bond motifs is 1. The molecule has 1 saturated heterocycles. The van der Waals surface area contributed by atoms with Crippen molar-refractivity contribution < 1.29 is 51.7 Å². The molecule has 16 nitrogen and oxygen atoms in total. The zero-order chi connectivity index (χ0) is 29.4. The van der Waals surface area contributed by atoms with Crippen LogP contribution in [0.1, 0.15) is 27.7 Å². The van der Waals surface area contributed by atoms with E-state index >= 15 is 0 Å². The Balaban J connectivity index is 1.56. The van der Waals surface area contributed by atoms with Gasteiger partial charge < -0.3 is 30.2 Å². The molecule has 0 saturated carbocycles. The molecule has 40 heavy (non-hydrogen) atoms. The average molecular weight is 594 g/mol. The summed E-state index contributed by atoms with van der Waals surface area (Å²) in [5, 5.41) is 13.8. The normalized spacial score (nSPS) is 17.8. The lowest BCUT2D eigenvalue weighted by atomic mass is 9.79. The molecule has 19 heteroatoms. The van der Waals surface area contributed by atoms with E-state index in [1.54, 1.807) is 6.07 Å². The third-order valence-corrected chi connectivity index (χ3v) is 8.07. The van der Waals surface area contributed by atoms with Crippen LogP contribution in [0.4, 0.5) is 9.59 Å². The molecule has 0 aliphatic carbocycles. The molecule has 5 N–H and O–H groups in total. The van der Waals surface area contributed by atoms with Crippen LogP contribution in [0.3, 0.4) is 0 Å². The van der Waals surface area contributed by atoms with E-state index in [2.05, 4.69) is 15.6 Å². The van der Waals surface area contributed by atoms with E-state index in [-0.39, 0.29) is 36.5 Å². The monoisotopic (exact) mass is 594 g/mol. The van der Waals surface area contributed by atoms with E-state index < -0.39 is 58.8 Å². The summed E-state index contributed by atoms with van der Waals surface area (Å²) in [6.07, 6.45) is 1.76. The Hall–Kier alpha value is -3.99. The van der Waals surface area contributed by atoms with Crippen molar-refractivity contribution in [3.8, 4) is 5.75 Å². The van der Waals surface area contributed by atoms with Crippen molar-refractivity contribution in [2.75, 3.05) is 19.3 Å². The fourth-order valence-electron chi connectivity index (χ4n) is 4.07. The van der Waals surface area contributed by atoms with Crippen molar-refractivity contribution >= 4 is 54.3 Å². The van der Waals surface area contributed by atoms with E-state index in [4.69, 9.17) is 4.65 Å². The lowest BCUT2D eigenvalue weighted by Gasteiger charge is -2.28. The average Bonchev–Trinajstić information content (AvgIpc) is 3.28. The highest BCUT2D eigenvalue weighted by molar-refractivity contribution is 7.88. The number of hydrogen-bond acceptors (Lipinski definition) is 9. The second kappa shape index (κ2) is 10.9. The Labute approximate surface area is 227 Å². The maximum absolute atomic E-state index is 13.3. The number of sulfonamides is 1. The first kappa shape index (κ1) is 29.0. The maximum atomic E-state index is 13.3. The molecule has 1 aromatic carbocycles. The standard InChI is InChI=1S/C21H22BN5O11PS/c1-40(36,37)27-8-7-26(21(27)32)20(31)25-16(14-6-5-12(10-23-14)39(33,34)35)18(28)24-15-9-11-3-2-4-13(19(29)30)17(11)38-22-15/h2-6,10,15-16H,7-9H2,1H3,(H,24,28)(H,25,31)(H,29,30)(H2,33,34,35)/t15-,16+/m0/s1. The summed E-state index contributed by atoms with van der Waals surface area (Å²) >= 11 is 0. The number of para-hydroxylation sites is 1. The molecular weight excluding hydrogens is 572 g/mol. The number of aromatic carboxylic acids is 1. The number of rotatable bonds is 7. The Morgan fingerprint density at radius 2 is 1.93 bits per heavy atom. The highest BCUT2D eigenvalue weighted by Gasteiger charge is 2.40. The summed E-state index contributed by atoms with van der Waals surface area (Å²) in [6.45, 7) is -0.577. The highest BCUT2D eigenvalue weighted by atomic mass is 32.2. The van der Waals surface area contributed by atoms with Gasteiger partial charge >= 0.3 is 33.1 Å².